The molecule has 1 aromatic heterocycles. The van der Waals surface area contributed by atoms with Gasteiger partial charge in [0.2, 0.25) is 0 Å². The van der Waals surface area contributed by atoms with Gasteiger partial charge in [-0.05, 0) is 56.9 Å². The van der Waals surface area contributed by atoms with Crippen molar-refractivity contribution >= 4 is 0 Å². The van der Waals surface area contributed by atoms with Crippen molar-refractivity contribution in [2.45, 2.75) is 46.8 Å². The molecule has 0 saturated heterocycles. The van der Waals surface area contributed by atoms with Gasteiger partial charge >= 0.3 is 0 Å². The molecule has 0 bridgehead atoms. The summed E-state index contributed by atoms with van der Waals surface area (Å²) < 4.78 is 7.88. The summed E-state index contributed by atoms with van der Waals surface area (Å²) in [6, 6.07) is 6.56. The number of aromatic nitrogens is 2. The Balaban J connectivity index is 2.15. The van der Waals surface area contributed by atoms with E-state index in [2.05, 4.69) is 37.1 Å². The van der Waals surface area contributed by atoms with Crippen LogP contribution >= 0.6 is 0 Å². The quantitative estimate of drug-likeness (QED) is 0.920. The molecule has 1 heterocycles. The van der Waals surface area contributed by atoms with Gasteiger partial charge in [0.05, 0.1) is 11.4 Å². The lowest BCUT2D eigenvalue weighted by Crippen LogP contribution is -2.18. The van der Waals surface area contributed by atoms with Crippen molar-refractivity contribution < 1.29 is 4.74 Å². The van der Waals surface area contributed by atoms with Crippen molar-refractivity contribution in [2.75, 3.05) is 0 Å². The Morgan fingerprint density at radius 2 is 1.81 bits per heavy atom. The van der Waals surface area contributed by atoms with Crippen molar-refractivity contribution in [3.8, 4) is 5.75 Å². The first-order valence-corrected chi connectivity index (χ1v) is 7.35. The van der Waals surface area contributed by atoms with Crippen molar-refractivity contribution in [3.05, 3.63) is 46.3 Å². The topological polar surface area (TPSA) is 53.1 Å². The van der Waals surface area contributed by atoms with E-state index in [-0.39, 0.29) is 6.04 Å². The number of nitrogens with two attached hydrogens (primary N) is 1. The molecule has 0 aliphatic carbocycles. The van der Waals surface area contributed by atoms with Crippen LogP contribution in [0.5, 0.6) is 5.75 Å². The van der Waals surface area contributed by atoms with E-state index in [1.54, 1.807) is 0 Å². The van der Waals surface area contributed by atoms with E-state index in [4.69, 9.17) is 10.5 Å². The van der Waals surface area contributed by atoms with E-state index < -0.39 is 0 Å². The molecule has 0 saturated carbocycles. The van der Waals surface area contributed by atoms with Gasteiger partial charge in [0.15, 0.2) is 0 Å². The summed E-state index contributed by atoms with van der Waals surface area (Å²) in [5.74, 6) is 0.960. The molecule has 4 heteroatoms. The number of aryl methyl sites for hydroxylation is 4. The molecule has 114 valence electrons. The van der Waals surface area contributed by atoms with Gasteiger partial charge in [0.25, 0.3) is 0 Å². The molecule has 2 aromatic rings. The number of hydrogen-bond acceptors (Lipinski definition) is 3. The summed E-state index contributed by atoms with van der Waals surface area (Å²) >= 11 is 0. The highest BCUT2D eigenvalue weighted by atomic mass is 16.5. The number of hydrogen-bond donors (Lipinski definition) is 1. The van der Waals surface area contributed by atoms with Crippen LogP contribution in [0, 0.1) is 20.8 Å². The monoisotopic (exact) mass is 287 g/mol. The second-order valence-corrected chi connectivity index (χ2v) is 5.93. The molecule has 0 fully saturated rings. The SMILES string of the molecule is Cc1cc(COc2c(C)cc(CC(C)N)cc2C)n(C)n1. The van der Waals surface area contributed by atoms with E-state index >= 15 is 0 Å². The maximum Gasteiger partial charge on any atom is 0.130 e. The molecule has 2 rings (SSSR count). The summed E-state index contributed by atoms with van der Waals surface area (Å²) in [6.45, 7) is 8.72. The summed E-state index contributed by atoms with van der Waals surface area (Å²) in [7, 11) is 1.94. The molecular weight excluding hydrogens is 262 g/mol. The molecule has 0 amide bonds. The Bertz CT molecular complexity index is 606. The molecule has 1 unspecified atom stereocenters. The summed E-state index contributed by atoms with van der Waals surface area (Å²) in [5, 5.41) is 4.34. The van der Waals surface area contributed by atoms with Crippen molar-refractivity contribution in [1.82, 2.24) is 9.78 Å². The van der Waals surface area contributed by atoms with E-state index in [1.165, 1.54) is 5.56 Å². The number of nitrogens with zero attached hydrogens (tertiary/aromatic N) is 2. The predicted molar refractivity (Wildman–Crippen MR) is 85.5 cm³/mol. The van der Waals surface area contributed by atoms with Crippen LogP contribution in [-0.4, -0.2) is 15.8 Å². The van der Waals surface area contributed by atoms with Crippen LogP contribution in [-0.2, 0) is 20.1 Å². The Hall–Kier alpha value is -1.81. The minimum absolute atomic E-state index is 0.174. The van der Waals surface area contributed by atoms with Crippen LogP contribution in [0.4, 0.5) is 0 Å². The fourth-order valence-corrected chi connectivity index (χ4v) is 2.70. The average Bonchev–Trinajstić information content (AvgIpc) is 2.66. The maximum absolute atomic E-state index is 6.02. The van der Waals surface area contributed by atoms with Gasteiger partial charge in [-0.3, -0.25) is 4.68 Å². The second-order valence-electron chi connectivity index (χ2n) is 5.93. The van der Waals surface area contributed by atoms with Crippen molar-refractivity contribution in [2.24, 2.45) is 12.8 Å². The smallest absolute Gasteiger partial charge is 0.130 e. The van der Waals surface area contributed by atoms with Gasteiger partial charge in [-0.15, -0.1) is 0 Å². The van der Waals surface area contributed by atoms with Gasteiger partial charge in [-0.25, -0.2) is 0 Å². The van der Waals surface area contributed by atoms with Crippen LogP contribution in [0.1, 0.15) is 35.0 Å². The van der Waals surface area contributed by atoms with Crippen LogP contribution < -0.4 is 10.5 Å². The first kappa shape index (κ1) is 15.6. The highest BCUT2D eigenvalue weighted by molar-refractivity contribution is 5.43. The minimum Gasteiger partial charge on any atom is -0.487 e. The Labute approximate surface area is 126 Å². The Morgan fingerprint density at radius 1 is 1.19 bits per heavy atom. The minimum atomic E-state index is 0.174. The zero-order valence-corrected chi connectivity index (χ0v) is 13.6. The molecule has 0 aliphatic rings. The largest absolute Gasteiger partial charge is 0.487 e. The van der Waals surface area contributed by atoms with E-state index in [0.29, 0.717) is 6.61 Å². The van der Waals surface area contributed by atoms with Crippen molar-refractivity contribution in [3.63, 3.8) is 0 Å². The Morgan fingerprint density at radius 3 is 2.29 bits per heavy atom. The lowest BCUT2D eigenvalue weighted by molar-refractivity contribution is 0.291. The van der Waals surface area contributed by atoms with Crippen LogP contribution in [0.15, 0.2) is 18.2 Å². The first-order chi connectivity index (χ1) is 9.86. The van der Waals surface area contributed by atoms with Gasteiger partial charge < -0.3 is 10.5 Å². The lowest BCUT2D eigenvalue weighted by Gasteiger charge is -2.15. The van der Waals surface area contributed by atoms with E-state index in [9.17, 15) is 0 Å². The lowest BCUT2D eigenvalue weighted by atomic mass is 10.0. The zero-order valence-electron chi connectivity index (χ0n) is 13.6. The summed E-state index contributed by atoms with van der Waals surface area (Å²) in [5.41, 5.74) is 11.5. The van der Waals surface area contributed by atoms with Gasteiger partial charge in [-0.2, -0.15) is 5.10 Å². The highest BCUT2D eigenvalue weighted by Gasteiger charge is 2.09. The second kappa shape index (κ2) is 6.31. The maximum atomic E-state index is 6.02. The summed E-state index contributed by atoms with van der Waals surface area (Å²) in [4.78, 5) is 0. The van der Waals surface area contributed by atoms with Gasteiger partial charge in [0.1, 0.15) is 12.4 Å². The van der Waals surface area contributed by atoms with E-state index in [1.807, 2.05) is 25.6 Å². The molecule has 4 nitrogen and oxygen atoms in total. The zero-order chi connectivity index (χ0) is 15.6. The predicted octanol–water partition coefficient (Wildman–Crippen LogP) is 2.81. The Kier molecular flexibility index (Phi) is 4.68. The molecule has 21 heavy (non-hydrogen) atoms. The third kappa shape index (κ3) is 3.85. The van der Waals surface area contributed by atoms with E-state index in [0.717, 1.165) is 34.7 Å². The number of benzene rings is 1. The molecule has 2 N–H and O–H groups in total. The van der Waals surface area contributed by atoms with Crippen LogP contribution in [0.3, 0.4) is 0 Å². The fraction of sp³-hybridized carbons (Fsp3) is 0.471. The van der Waals surface area contributed by atoms with Crippen molar-refractivity contribution in [1.29, 1.82) is 0 Å². The highest BCUT2D eigenvalue weighted by Crippen LogP contribution is 2.26. The molecular formula is C17H25N3O. The van der Waals surface area contributed by atoms with Gasteiger partial charge in [-0.1, -0.05) is 12.1 Å². The number of ether oxygens (including phenoxy) is 1. The molecule has 0 spiro atoms. The van der Waals surface area contributed by atoms with Gasteiger partial charge in [0, 0.05) is 13.1 Å². The molecule has 0 aliphatic heterocycles. The fourth-order valence-electron chi connectivity index (χ4n) is 2.70. The summed E-state index contributed by atoms with van der Waals surface area (Å²) in [6.07, 6.45) is 0.892. The first-order valence-electron chi connectivity index (χ1n) is 7.35. The molecule has 1 atom stereocenters. The van der Waals surface area contributed by atoms with Crippen LogP contribution in [0.25, 0.3) is 0 Å². The van der Waals surface area contributed by atoms with Crippen LogP contribution in [0.2, 0.25) is 0 Å². The molecule has 0 radical (unpaired) electrons. The molecule has 1 aromatic carbocycles. The average molecular weight is 287 g/mol. The number of rotatable bonds is 5. The standard InChI is InChI=1S/C17H25N3O/c1-11-6-15(8-13(3)18)7-12(2)17(11)21-10-16-9-14(4)19-20(16)5/h6-7,9,13H,8,10,18H2,1-5H3. The normalized spacial score (nSPS) is 12.5. The third-order valence-corrected chi connectivity index (χ3v) is 3.54. The third-order valence-electron chi connectivity index (χ3n) is 3.54.